The summed E-state index contributed by atoms with van der Waals surface area (Å²) < 4.78 is 0. The average Bonchev–Trinajstić information content (AvgIpc) is 2.63. The second kappa shape index (κ2) is 5.81. The summed E-state index contributed by atoms with van der Waals surface area (Å²) in [5.41, 5.74) is 6.43. The van der Waals surface area contributed by atoms with E-state index in [0.29, 0.717) is 22.8 Å². The number of pyridine rings is 1. The van der Waals surface area contributed by atoms with E-state index in [2.05, 4.69) is 25.8 Å². The van der Waals surface area contributed by atoms with Gasteiger partial charge >= 0.3 is 0 Å². The van der Waals surface area contributed by atoms with Crippen LogP contribution in [0.15, 0.2) is 18.2 Å². The number of nitrogens with two attached hydrogens (primary N) is 1. The lowest BCUT2D eigenvalue weighted by Gasteiger charge is -2.29. The van der Waals surface area contributed by atoms with Gasteiger partial charge in [0.2, 0.25) is 0 Å². The van der Waals surface area contributed by atoms with Gasteiger partial charge in [-0.3, -0.25) is 4.79 Å². The fraction of sp³-hybridized carbons (Fsp3) is 0.625. The summed E-state index contributed by atoms with van der Waals surface area (Å²) in [7, 11) is 0. The molecule has 0 radical (unpaired) electrons. The maximum absolute atomic E-state index is 12.5. The lowest BCUT2D eigenvalue weighted by atomic mass is 9.77. The lowest BCUT2D eigenvalue weighted by Crippen LogP contribution is -2.33. The van der Waals surface area contributed by atoms with Crippen LogP contribution in [-0.2, 0) is 0 Å². The van der Waals surface area contributed by atoms with Crippen molar-refractivity contribution in [3.05, 3.63) is 23.9 Å². The first-order valence-electron chi connectivity index (χ1n) is 7.40. The van der Waals surface area contributed by atoms with Crippen molar-refractivity contribution in [3.8, 4) is 0 Å². The number of carbonyl (C=O) groups is 1. The van der Waals surface area contributed by atoms with Crippen LogP contribution >= 0.6 is 0 Å². The zero-order valence-corrected chi connectivity index (χ0v) is 12.7. The Labute approximate surface area is 121 Å². The maximum atomic E-state index is 12.5. The van der Waals surface area contributed by atoms with E-state index in [4.69, 9.17) is 5.73 Å². The van der Waals surface area contributed by atoms with Crippen molar-refractivity contribution in [1.82, 2.24) is 9.88 Å². The predicted molar refractivity (Wildman–Crippen MR) is 81.3 cm³/mol. The fourth-order valence-corrected chi connectivity index (χ4v) is 2.90. The molecule has 2 rings (SSSR count). The Morgan fingerprint density at radius 2 is 2.05 bits per heavy atom. The van der Waals surface area contributed by atoms with Gasteiger partial charge in [0.15, 0.2) is 0 Å². The molecule has 1 saturated heterocycles. The van der Waals surface area contributed by atoms with Crippen LogP contribution in [0.25, 0.3) is 0 Å². The molecule has 1 unspecified atom stereocenters. The summed E-state index contributed by atoms with van der Waals surface area (Å²) in [6.07, 6.45) is 3.32. The molecule has 2 heterocycles. The number of nitrogens with zero attached hydrogens (tertiary/aromatic N) is 2. The van der Waals surface area contributed by atoms with Crippen LogP contribution in [0.4, 0.5) is 5.82 Å². The molecule has 0 aromatic carbocycles. The molecule has 1 aliphatic heterocycles. The minimum absolute atomic E-state index is 0.00635. The van der Waals surface area contributed by atoms with Crippen molar-refractivity contribution in [2.45, 2.75) is 40.0 Å². The van der Waals surface area contributed by atoms with Gasteiger partial charge in [-0.15, -0.1) is 0 Å². The summed E-state index contributed by atoms with van der Waals surface area (Å²) >= 11 is 0. The molecular weight excluding hydrogens is 250 g/mol. The molecule has 1 fully saturated rings. The van der Waals surface area contributed by atoms with Gasteiger partial charge < -0.3 is 10.6 Å². The molecule has 4 heteroatoms. The highest BCUT2D eigenvalue weighted by Crippen LogP contribution is 2.34. The number of carbonyl (C=O) groups excluding carboxylic acids is 1. The molecule has 1 aliphatic rings. The van der Waals surface area contributed by atoms with Gasteiger partial charge in [-0.25, -0.2) is 4.98 Å². The number of likely N-dealkylation sites (tertiary alicyclic amines) is 1. The summed E-state index contributed by atoms with van der Waals surface area (Å²) in [5.74, 6) is 1.08. The summed E-state index contributed by atoms with van der Waals surface area (Å²) in [4.78, 5) is 18.5. The van der Waals surface area contributed by atoms with Gasteiger partial charge in [-0.2, -0.15) is 0 Å². The fourth-order valence-electron chi connectivity index (χ4n) is 2.90. The number of hydrogen-bond donors (Lipinski definition) is 1. The molecule has 0 bridgehead atoms. The SMILES string of the molecule is CC(C)(C)C1CCCN(C(=O)c2cccc(N)n2)CC1. The van der Waals surface area contributed by atoms with Crippen molar-refractivity contribution in [1.29, 1.82) is 0 Å². The molecule has 0 aliphatic carbocycles. The van der Waals surface area contributed by atoms with Crippen LogP contribution in [-0.4, -0.2) is 28.9 Å². The number of hydrogen-bond acceptors (Lipinski definition) is 3. The molecule has 0 spiro atoms. The third-order valence-corrected chi connectivity index (χ3v) is 4.23. The molecule has 4 nitrogen and oxygen atoms in total. The Bertz CT molecular complexity index is 479. The second-order valence-electron chi connectivity index (χ2n) is 6.73. The Morgan fingerprint density at radius 3 is 2.70 bits per heavy atom. The Hall–Kier alpha value is -1.58. The maximum Gasteiger partial charge on any atom is 0.272 e. The van der Waals surface area contributed by atoms with E-state index in [1.54, 1.807) is 18.2 Å². The van der Waals surface area contributed by atoms with E-state index in [1.165, 1.54) is 6.42 Å². The van der Waals surface area contributed by atoms with E-state index in [9.17, 15) is 4.79 Å². The van der Waals surface area contributed by atoms with E-state index in [0.717, 1.165) is 25.9 Å². The van der Waals surface area contributed by atoms with Crippen molar-refractivity contribution in [2.24, 2.45) is 11.3 Å². The highest BCUT2D eigenvalue weighted by molar-refractivity contribution is 5.92. The third-order valence-electron chi connectivity index (χ3n) is 4.23. The van der Waals surface area contributed by atoms with Gasteiger partial charge in [0.25, 0.3) is 5.91 Å². The summed E-state index contributed by atoms with van der Waals surface area (Å²) in [6, 6.07) is 5.23. The van der Waals surface area contributed by atoms with Crippen molar-refractivity contribution in [2.75, 3.05) is 18.8 Å². The smallest absolute Gasteiger partial charge is 0.272 e. The largest absolute Gasteiger partial charge is 0.384 e. The van der Waals surface area contributed by atoms with Crippen molar-refractivity contribution in [3.63, 3.8) is 0 Å². The zero-order chi connectivity index (χ0) is 14.8. The normalized spacial score (nSPS) is 20.6. The molecule has 0 saturated carbocycles. The highest BCUT2D eigenvalue weighted by Gasteiger charge is 2.28. The van der Waals surface area contributed by atoms with Crippen LogP contribution in [0.2, 0.25) is 0 Å². The minimum Gasteiger partial charge on any atom is -0.384 e. The Kier molecular flexibility index (Phi) is 4.31. The van der Waals surface area contributed by atoms with Gasteiger partial charge in [-0.1, -0.05) is 26.8 Å². The van der Waals surface area contributed by atoms with Gasteiger partial charge in [0.1, 0.15) is 11.5 Å². The monoisotopic (exact) mass is 275 g/mol. The number of rotatable bonds is 1. The van der Waals surface area contributed by atoms with Crippen molar-refractivity contribution < 1.29 is 4.79 Å². The first-order valence-corrected chi connectivity index (χ1v) is 7.40. The van der Waals surface area contributed by atoms with Crippen LogP contribution in [0.5, 0.6) is 0 Å². The molecule has 1 aromatic heterocycles. The first-order chi connectivity index (χ1) is 9.38. The number of amides is 1. The Morgan fingerprint density at radius 1 is 1.30 bits per heavy atom. The summed E-state index contributed by atoms with van der Waals surface area (Å²) in [5, 5.41) is 0. The first kappa shape index (κ1) is 14.8. The predicted octanol–water partition coefficient (Wildman–Crippen LogP) is 2.95. The van der Waals surface area contributed by atoms with Crippen LogP contribution in [0.1, 0.15) is 50.5 Å². The van der Waals surface area contributed by atoms with Gasteiger partial charge in [-0.05, 0) is 42.7 Å². The molecule has 110 valence electrons. The van der Waals surface area contributed by atoms with Crippen LogP contribution < -0.4 is 5.73 Å². The van der Waals surface area contributed by atoms with E-state index in [1.807, 2.05) is 4.90 Å². The quantitative estimate of drug-likeness (QED) is 0.857. The standard InChI is InChI=1S/C16H25N3O/c1-16(2,3)12-6-5-10-19(11-9-12)15(20)13-7-4-8-14(17)18-13/h4,7-8,12H,5-6,9-11H2,1-3H3,(H2,17,18). The minimum atomic E-state index is 0.00635. The average molecular weight is 275 g/mol. The van der Waals surface area contributed by atoms with Gasteiger partial charge in [0.05, 0.1) is 0 Å². The van der Waals surface area contributed by atoms with Crippen LogP contribution in [0.3, 0.4) is 0 Å². The number of aromatic nitrogens is 1. The van der Waals surface area contributed by atoms with Crippen LogP contribution in [0, 0.1) is 11.3 Å². The van der Waals surface area contributed by atoms with Crippen molar-refractivity contribution >= 4 is 11.7 Å². The molecular formula is C16H25N3O. The molecule has 20 heavy (non-hydrogen) atoms. The van der Waals surface area contributed by atoms with E-state index in [-0.39, 0.29) is 5.91 Å². The number of nitrogen functional groups attached to an aromatic ring is 1. The van der Waals surface area contributed by atoms with Gasteiger partial charge in [0, 0.05) is 13.1 Å². The van der Waals surface area contributed by atoms with E-state index < -0.39 is 0 Å². The molecule has 1 atom stereocenters. The second-order valence-corrected chi connectivity index (χ2v) is 6.73. The highest BCUT2D eigenvalue weighted by atomic mass is 16.2. The third kappa shape index (κ3) is 3.50. The molecule has 2 N–H and O–H groups in total. The number of anilines is 1. The van der Waals surface area contributed by atoms with E-state index >= 15 is 0 Å². The zero-order valence-electron chi connectivity index (χ0n) is 12.7. The lowest BCUT2D eigenvalue weighted by molar-refractivity contribution is 0.0750. The Balaban J connectivity index is 2.05. The summed E-state index contributed by atoms with van der Waals surface area (Å²) in [6.45, 7) is 8.50. The topological polar surface area (TPSA) is 59.2 Å². The molecule has 1 amide bonds. The molecule has 1 aromatic rings.